The number of halogens is 1. The number of piperazine rings is 1. The Morgan fingerprint density at radius 3 is 1.79 bits per heavy atom. The van der Waals surface area contributed by atoms with Crippen LogP contribution in [0.3, 0.4) is 0 Å². The fourth-order valence-electron chi connectivity index (χ4n) is 4.18. The SMILES string of the molecule is COc1ccc(C(NC(=O)CN2CCN(c3ccc(F)cc3)CC2)c2ccc(OC)cc2)cc1. The molecular weight excluding hydrogens is 433 g/mol. The summed E-state index contributed by atoms with van der Waals surface area (Å²) in [5.41, 5.74) is 2.95. The van der Waals surface area contributed by atoms with Gasteiger partial charge in [-0.05, 0) is 59.7 Å². The standard InChI is InChI=1S/C27H30FN3O3/c1-33-24-11-3-20(4-12-24)27(21-5-13-25(34-2)14-6-21)29-26(32)19-30-15-17-31(18-16-30)23-9-7-22(28)8-10-23/h3-14,27H,15-19H2,1-2H3,(H,29,32). The van der Waals surface area contributed by atoms with Crippen LogP contribution in [0.4, 0.5) is 10.1 Å². The van der Waals surface area contributed by atoms with E-state index in [-0.39, 0.29) is 17.8 Å². The van der Waals surface area contributed by atoms with Gasteiger partial charge in [0.05, 0.1) is 26.8 Å². The second-order valence-electron chi connectivity index (χ2n) is 8.29. The van der Waals surface area contributed by atoms with Gasteiger partial charge in [-0.1, -0.05) is 24.3 Å². The Balaban J connectivity index is 1.40. The van der Waals surface area contributed by atoms with Crippen LogP contribution in [0.1, 0.15) is 17.2 Å². The van der Waals surface area contributed by atoms with E-state index in [2.05, 4.69) is 15.1 Å². The lowest BCUT2D eigenvalue weighted by atomic mass is 9.98. The van der Waals surface area contributed by atoms with Crippen LogP contribution in [-0.2, 0) is 4.79 Å². The van der Waals surface area contributed by atoms with Crippen molar-refractivity contribution in [2.24, 2.45) is 0 Å². The van der Waals surface area contributed by atoms with Crippen molar-refractivity contribution < 1.29 is 18.7 Å². The smallest absolute Gasteiger partial charge is 0.234 e. The summed E-state index contributed by atoms with van der Waals surface area (Å²) in [5, 5.41) is 3.20. The Labute approximate surface area is 199 Å². The number of carbonyl (C=O) groups is 1. The summed E-state index contributed by atoms with van der Waals surface area (Å²) in [6, 6.07) is 21.7. The molecule has 178 valence electrons. The molecule has 0 bridgehead atoms. The van der Waals surface area contributed by atoms with E-state index in [4.69, 9.17) is 9.47 Å². The minimum atomic E-state index is -0.287. The van der Waals surface area contributed by atoms with Crippen LogP contribution in [0, 0.1) is 5.82 Å². The maximum Gasteiger partial charge on any atom is 0.234 e. The minimum absolute atomic E-state index is 0.0353. The molecule has 0 aromatic heterocycles. The van der Waals surface area contributed by atoms with Crippen LogP contribution in [0.5, 0.6) is 11.5 Å². The van der Waals surface area contributed by atoms with E-state index in [0.717, 1.165) is 54.5 Å². The van der Waals surface area contributed by atoms with E-state index < -0.39 is 0 Å². The molecule has 4 rings (SSSR count). The van der Waals surface area contributed by atoms with E-state index in [1.807, 2.05) is 48.5 Å². The molecule has 0 aliphatic carbocycles. The van der Waals surface area contributed by atoms with Crippen LogP contribution < -0.4 is 19.7 Å². The number of nitrogens with one attached hydrogen (secondary N) is 1. The summed E-state index contributed by atoms with van der Waals surface area (Å²) in [6.45, 7) is 3.43. The van der Waals surface area contributed by atoms with Crippen molar-refractivity contribution in [3.8, 4) is 11.5 Å². The fourth-order valence-corrected chi connectivity index (χ4v) is 4.18. The van der Waals surface area contributed by atoms with Crippen molar-refractivity contribution in [2.75, 3.05) is 51.8 Å². The van der Waals surface area contributed by atoms with Gasteiger partial charge < -0.3 is 19.7 Å². The number of carbonyl (C=O) groups excluding carboxylic acids is 1. The highest BCUT2D eigenvalue weighted by Crippen LogP contribution is 2.26. The van der Waals surface area contributed by atoms with Crippen LogP contribution in [0.15, 0.2) is 72.8 Å². The molecule has 1 aliphatic rings. The third-order valence-corrected chi connectivity index (χ3v) is 6.13. The van der Waals surface area contributed by atoms with Gasteiger partial charge in [0.15, 0.2) is 0 Å². The van der Waals surface area contributed by atoms with E-state index in [1.165, 1.54) is 12.1 Å². The van der Waals surface area contributed by atoms with Gasteiger partial charge in [-0.3, -0.25) is 9.69 Å². The summed E-state index contributed by atoms with van der Waals surface area (Å²) in [5.74, 6) is 1.26. The predicted octanol–water partition coefficient (Wildman–Crippen LogP) is 3.87. The summed E-state index contributed by atoms with van der Waals surface area (Å²) in [4.78, 5) is 17.4. The third-order valence-electron chi connectivity index (χ3n) is 6.13. The van der Waals surface area contributed by atoms with E-state index in [0.29, 0.717) is 6.54 Å². The molecule has 6 nitrogen and oxygen atoms in total. The number of methoxy groups -OCH3 is 2. The van der Waals surface area contributed by atoms with Crippen molar-refractivity contribution in [2.45, 2.75) is 6.04 Å². The van der Waals surface area contributed by atoms with Crippen molar-refractivity contribution in [1.82, 2.24) is 10.2 Å². The predicted molar refractivity (Wildman–Crippen MR) is 131 cm³/mol. The molecular formula is C27H30FN3O3. The number of amides is 1. The van der Waals surface area contributed by atoms with Crippen LogP contribution >= 0.6 is 0 Å². The highest BCUT2D eigenvalue weighted by Gasteiger charge is 2.22. The summed E-state index contributed by atoms with van der Waals surface area (Å²) in [7, 11) is 3.27. The first-order valence-corrected chi connectivity index (χ1v) is 11.4. The largest absolute Gasteiger partial charge is 0.497 e. The van der Waals surface area contributed by atoms with Gasteiger partial charge in [0.1, 0.15) is 17.3 Å². The average Bonchev–Trinajstić information content (AvgIpc) is 2.88. The molecule has 1 saturated heterocycles. The monoisotopic (exact) mass is 463 g/mol. The summed E-state index contributed by atoms with van der Waals surface area (Å²) < 4.78 is 23.8. The number of hydrogen-bond donors (Lipinski definition) is 1. The number of anilines is 1. The van der Waals surface area contributed by atoms with Crippen LogP contribution in [0.2, 0.25) is 0 Å². The first-order chi connectivity index (χ1) is 16.6. The Morgan fingerprint density at radius 1 is 0.824 bits per heavy atom. The first-order valence-electron chi connectivity index (χ1n) is 11.4. The normalized spacial score (nSPS) is 14.2. The maximum absolute atomic E-state index is 13.2. The number of nitrogens with zero attached hydrogens (tertiary/aromatic N) is 2. The zero-order chi connectivity index (χ0) is 23.9. The lowest BCUT2D eigenvalue weighted by molar-refractivity contribution is -0.122. The van der Waals surface area contributed by atoms with Crippen molar-refractivity contribution >= 4 is 11.6 Å². The molecule has 0 spiro atoms. The molecule has 7 heteroatoms. The van der Waals surface area contributed by atoms with Crippen molar-refractivity contribution in [3.63, 3.8) is 0 Å². The zero-order valence-corrected chi connectivity index (χ0v) is 19.5. The van der Waals surface area contributed by atoms with Crippen molar-refractivity contribution in [3.05, 3.63) is 89.7 Å². The van der Waals surface area contributed by atoms with Crippen LogP contribution in [-0.4, -0.2) is 57.8 Å². The maximum atomic E-state index is 13.2. The molecule has 0 saturated carbocycles. The Bertz CT molecular complexity index is 1020. The Hall–Kier alpha value is -3.58. The molecule has 0 atom stereocenters. The van der Waals surface area contributed by atoms with Gasteiger partial charge in [0.2, 0.25) is 5.91 Å². The summed E-state index contributed by atoms with van der Waals surface area (Å²) in [6.07, 6.45) is 0. The fraction of sp³-hybridized carbons (Fsp3) is 0.296. The van der Waals surface area contributed by atoms with Gasteiger partial charge in [-0.2, -0.15) is 0 Å². The van der Waals surface area contributed by atoms with Gasteiger partial charge >= 0.3 is 0 Å². The molecule has 1 heterocycles. The van der Waals surface area contributed by atoms with Gasteiger partial charge in [-0.15, -0.1) is 0 Å². The number of benzene rings is 3. The highest BCUT2D eigenvalue weighted by molar-refractivity contribution is 5.79. The molecule has 1 N–H and O–H groups in total. The number of rotatable bonds is 8. The van der Waals surface area contributed by atoms with Crippen LogP contribution in [0.25, 0.3) is 0 Å². The van der Waals surface area contributed by atoms with E-state index in [1.54, 1.807) is 26.4 Å². The Kier molecular flexibility index (Phi) is 7.65. The average molecular weight is 464 g/mol. The molecule has 0 radical (unpaired) electrons. The molecule has 1 amide bonds. The van der Waals surface area contributed by atoms with E-state index >= 15 is 0 Å². The van der Waals surface area contributed by atoms with Gasteiger partial charge in [0.25, 0.3) is 0 Å². The molecule has 3 aromatic rings. The highest BCUT2D eigenvalue weighted by atomic mass is 19.1. The van der Waals surface area contributed by atoms with Gasteiger partial charge in [0, 0.05) is 31.9 Å². The zero-order valence-electron chi connectivity index (χ0n) is 19.5. The number of ether oxygens (including phenoxy) is 2. The van der Waals surface area contributed by atoms with Gasteiger partial charge in [-0.25, -0.2) is 4.39 Å². The molecule has 1 fully saturated rings. The summed E-state index contributed by atoms with van der Waals surface area (Å²) >= 11 is 0. The lowest BCUT2D eigenvalue weighted by Crippen LogP contribution is -2.49. The molecule has 1 aliphatic heterocycles. The number of hydrogen-bond acceptors (Lipinski definition) is 5. The first kappa shape index (κ1) is 23.6. The topological polar surface area (TPSA) is 54.0 Å². The molecule has 3 aromatic carbocycles. The molecule has 34 heavy (non-hydrogen) atoms. The quantitative estimate of drug-likeness (QED) is 0.550. The van der Waals surface area contributed by atoms with E-state index in [9.17, 15) is 9.18 Å². The second kappa shape index (κ2) is 11.0. The minimum Gasteiger partial charge on any atom is -0.497 e. The molecule has 0 unspecified atom stereocenters. The van der Waals surface area contributed by atoms with Crippen molar-refractivity contribution in [1.29, 1.82) is 0 Å². The third kappa shape index (κ3) is 5.85. The Morgan fingerprint density at radius 2 is 1.32 bits per heavy atom. The lowest BCUT2D eigenvalue weighted by Gasteiger charge is -2.36. The second-order valence-corrected chi connectivity index (χ2v) is 8.29.